The summed E-state index contributed by atoms with van der Waals surface area (Å²) in [5.74, 6) is 0.319. The van der Waals surface area contributed by atoms with Gasteiger partial charge in [-0.05, 0) is 50.1 Å². The fourth-order valence-electron chi connectivity index (χ4n) is 3.05. The highest BCUT2D eigenvalue weighted by Gasteiger charge is 2.31. The molecule has 152 valence electrons. The summed E-state index contributed by atoms with van der Waals surface area (Å²) in [6.07, 6.45) is 1.46. The molecule has 2 aromatic carbocycles. The highest BCUT2D eigenvalue weighted by Crippen LogP contribution is 2.25. The second-order valence-electron chi connectivity index (χ2n) is 6.62. The number of hydrogen-bond acceptors (Lipinski definition) is 4. The summed E-state index contributed by atoms with van der Waals surface area (Å²) in [6, 6.07) is 13.7. The normalized spacial score (nSPS) is 12.3. The van der Waals surface area contributed by atoms with Crippen molar-refractivity contribution in [1.82, 2.24) is 5.32 Å². The van der Waals surface area contributed by atoms with Gasteiger partial charge in [0.05, 0.1) is 18.6 Å². The fourth-order valence-corrected chi connectivity index (χ4v) is 4.26. The van der Waals surface area contributed by atoms with Crippen LogP contribution in [-0.2, 0) is 21.4 Å². The van der Waals surface area contributed by atoms with Crippen LogP contribution in [0.15, 0.2) is 48.5 Å². The van der Waals surface area contributed by atoms with E-state index in [-0.39, 0.29) is 5.91 Å². The van der Waals surface area contributed by atoms with Gasteiger partial charge >= 0.3 is 0 Å². The van der Waals surface area contributed by atoms with Gasteiger partial charge in [0, 0.05) is 6.54 Å². The second kappa shape index (κ2) is 9.59. The number of ether oxygens (including phenoxy) is 1. The lowest BCUT2D eigenvalue weighted by atomic mass is 10.1. The topological polar surface area (TPSA) is 75.7 Å². The molecule has 0 aromatic heterocycles. The van der Waals surface area contributed by atoms with Crippen LogP contribution < -0.4 is 14.4 Å². The Balaban J connectivity index is 2.23. The van der Waals surface area contributed by atoms with Crippen LogP contribution in [-0.4, -0.2) is 33.2 Å². The van der Waals surface area contributed by atoms with Crippen LogP contribution in [0.3, 0.4) is 0 Å². The maximum atomic E-state index is 12.8. The molecule has 0 spiro atoms. The summed E-state index contributed by atoms with van der Waals surface area (Å²) in [4.78, 5) is 12.8. The molecule has 0 aliphatic carbocycles. The van der Waals surface area contributed by atoms with Crippen LogP contribution in [0.5, 0.6) is 5.75 Å². The number of rotatable bonds is 9. The fraction of sp³-hybridized carbons (Fsp3) is 0.381. The van der Waals surface area contributed by atoms with E-state index in [9.17, 15) is 13.2 Å². The minimum absolute atomic E-state index is 0.330. The van der Waals surface area contributed by atoms with Gasteiger partial charge in [0.15, 0.2) is 0 Å². The van der Waals surface area contributed by atoms with E-state index in [1.54, 1.807) is 31.2 Å². The Bertz CT molecular complexity index is 895. The number of aryl methyl sites for hydroxylation is 1. The molecule has 2 aromatic rings. The molecule has 0 saturated carbocycles. The highest BCUT2D eigenvalue weighted by molar-refractivity contribution is 7.92. The summed E-state index contributed by atoms with van der Waals surface area (Å²) >= 11 is 0. The van der Waals surface area contributed by atoms with Crippen molar-refractivity contribution in [3.63, 3.8) is 0 Å². The number of benzene rings is 2. The standard InChI is InChI=1S/C21H28N2O4S/c1-5-20(21(24)22-15-17-9-7-8-16(3)14-17)23(28(4,25)26)18-10-12-19(13-11-18)27-6-2/h7-14,20H,5-6,15H2,1-4H3,(H,22,24)/t20-/m1/s1. The van der Waals surface area contributed by atoms with Gasteiger partial charge in [-0.15, -0.1) is 0 Å². The van der Waals surface area contributed by atoms with Crippen molar-refractivity contribution < 1.29 is 17.9 Å². The van der Waals surface area contributed by atoms with Crippen LogP contribution in [0, 0.1) is 6.92 Å². The summed E-state index contributed by atoms with van der Waals surface area (Å²) in [5, 5.41) is 2.86. The summed E-state index contributed by atoms with van der Waals surface area (Å²) in [6.45, 7) is 6.52. The van der Waals surface area contributed by atoms with E-state index in [1.807, 2.05) is 38.1 Å². The lowest BCUT2D eigenvalue weighted by Gasteiger charge is -2.30. The van der Waals surface area contributed by atoms with Crippen molar-refractivity contribution in [1.29, 1.82) is 0 Å². The van der Waals surface area contributed by atoms with Gasteiger partial charge in [0.2, 0.25) is 15.9 Å². The molecular weight excluding hydrogens is 376 g/mol. The van der Waals surface area contributed by atoms with Gasteiger partial charge in [0.25, 0.3) is 0 Å². The number of hydrogen-bond donors (Lipinski definition) is 1. The molecule has 0 aliphatic heterocycles. The molecule has 1 amide bonds. The first-order valence-electron chi connectivity index (χ1n) is 9.31. The first-order chi connectivity index (χ1) is 13.3. The van der Waals surface area contributed by atoms with Gasteiger partial charge < -0.3 is 10.1 Å². The highest BCUT2D eigenvalue weighted by atomic mass is 32.2. The van der Waals surface area contributed by atoms with Gasteiger partial charge in [0.1, 0.15) is 11.8 Å². The van der Waals surface area contributed by atoms with Crippen molar-refractivity contribution in [2.24, 2.45) is 0 Å². The predicted molar refractivity (Wildman–Crippen MR) is 112 cm³/mol. The monoisotopic (exact) mass is 404 g/mol. The molecule has 0 fully saturated rings. The summed E-state index contributed by atoms with van der Waals surface area (Å²) in [7, 11) is -3.66. The van der Waals surface area contributed by atoms with Crippen LogP contribution in [0.2, 0.25) is 0 Å². The molecule has 0 heterocycles. The van der Waals surface area contributed by atoms with E-state index in [2.05, 4.69) is 5.32 Å². The Labute approximate surface area is 167 Å². The summed E-state index contributed by atoms with van der Waals surface area (Å²) in [5.41, 5.74) is 2.50. The van der Waals surface area contributed by atoms with Crippen LogP contribution in [0.4, 0.5) is 5.69 Å². The van der Waals surface area contributed by atoms with Crippen molar-refractivity contribution >= 4 is 21.6 Å². The Morgan fingerprint density at radius 2 is 1.82 bits per heavy atom. The molecule has 1 atom stereocenters. The molecule has 0 radical (unpaired) electrons. The number of nitrogens with zero attached hydrogens (tertiary/aromatic N) is 1. The van der Waals surface area contributed by atoms with Crippen molar-refractivity contribution in [3.05, 3.63) is 59.7 Å². The van der Waals surface area contributed by atoms with E-state index in [4.69, 9.17) is 4.74 Å². The molecule has 0 unspecified atom stereocenters. The molecule has 6 nitrogen and oxygen atoms in total. The Hall–Kier alpha value is -2.54. The van der Waals surface area contributed by atoms with E-state index < -0.39 is 16.1 Å². The van der Waals surface area contributed by atoms with Gasteiger partial charge in [-0.1, -0.05) is 36.8 Å². The molecule has 7 heteroatoms. The first-order valence-corrected chi connectivity index (χ1v) is 11.2. The molecule has 0 bridgehead atoms. The Morgan fingerprint density at radius 1 is 1.14 bits per heavy atom. The van der Waals surface area contributed by atoms with Crippen molar-refractivity contribution in [2.45, 2.75) is 39.8 Å². The number of anilines is 1. The Kier molecular flexibility index (Phi) is 7.45. The number of sulfonamides is 1. The Morgan fingerprint density at radius 3 is 2.36 bits per heavy atom. The van der Waals surface area contributed by atoms with Crippen molar-refractivity contribution in [3.8, 4) is 5.75 Å². The number of amides is 1. The maximum Gasteiger partial charge on any atom is 0.244 e. The van der Waals surface area contributed by atoms with Gasteiger partial charge in [-0.3, -0.25) is 9.10 Å². The number of carbonyl (C=O) groups is 1. The van der Waals surface area contributed by atoms with E-state index in [0.29, 0.717) is 31.0 Å². The second-order valence-corrected chi connectivity index (χ2v) is 8.48. The van der Waals surface area contributed by atoms with Crippen LogP contribution in [0.25, 0.3) is 0 Å². The zero-order valence-corrected chi connectivity index (χ0v) is 17.6. The van der Waals surface area contributed by atoms with Gasteiger partial charge in [-0.2, -0.15) is 0 Å². The molecule has 2 rings (SSSR count). The van der Waals surface area contributed by atoms with Gasteiger partial charge in [-0.25, -0.2) is 8.42 Å². The van der Waals surface area contributed by atoms with Crippen LogP contribution in [0.1, 0.15) is 31.4 Å². The van der Waals surface area contributed by atoms with E-state index in [0.717, 1.165) is 17.4 Å². The lowest BCUT2D eigenvalue weighted by Crippen LogP contribution is -2.49. The first kappa shape index (κ1) is 21.8. The third kappa shape index (κ3) is 5.73. The molecule has 28 heavy (non-hydrogen) atoms. The molecule has 0 aliphatic rings. The predicted octanol–water partition coefficient (Wildman–Crippen LogP) is 3.25. The average Bonchev–Trinajstić information content (AvgIpc) is 2.64. The minimum Gasteiger partial charge on any atom is -0.494 e. The molecule has 1 N–H and O–H groups in total. The summed E-state index contributed by atoms with van der Waals surface area (Å²) < 4.78 is 31.5. The van der Waals surface area contributed by atoms with E-state index in [1.165, 1.54) is 4.31 Å². The zero-order valence-electron chi connectivity index (χ0n) is 16.8. The lowest BCUT2D eigenvalue weighted by molar-refractivity contribution is -0.122. The largest absolute Gasteiger partial charge is 0.494 e. The zero-order chi connectivity index (χ0) is 20.7. The molecule has 0 saturated heterocycles. The number of carbonyl (C=O) groups excluding carboxylic acids is 1. The molecular formula is C21H28N2O4S. The average molecular weight is 405 g/mol. The minimum atomic E-state index is -3.66. The number of nitrogens with one attached hydrogen (secondary N) is 1. The smallest absolute Gasteiger partial charge is 0.244 e. The van der Waals surface area contributed by atoms with Crippen LogP contribution >= 0.6 is 0 Å². The third-order valence-electron chi connectivity index (χ3n) is 4.28. The quantitative estimate of drug-likeness (QED) is 0.696. The van der Waals surface area contributed by atoms with Crippen molar-refractivity contribution in [2.75, 3.05) is 17.2 Å². The van der Waals surface area contributed by atoms with E-state index >= 15 is 0 Å². The maximum absolute atomic E-state index is 12.8. The SMILES string of the molecule is CCOc1ccc(N([C@H](CC)C(=O)NCc2cccc(C)c2)S(C)(=O)=O)cc1. The third-order valence-corrected chi connectivity index (χ3v) is 5.46.